The lowest BCUT2D eigenvalue weighted by molar-refractivity contribution is -0.254. The van der Waals surface area contributed by atoms with Crippen LogP contribution in [0.1, 0.15) is 28.4 Å². The summed E-state index contributed by atoms with van der Waals surface area (Å²) in [5.74, 6) is -1.08. The minimum Gasteiger partial charge on any atom is -0.545 e. The third kappa shape index (κ3) is 4.01. The zero-order valence-electron chi connectivity index (χ0n) is 16.1. The van der Waals surface area contributed by atoms with Crippen LogP contribution in [0.4, 0.5) is 13.2 Å². The van der Waals surface area contributed by atoms with Gasteiger partial charge in [0, 0.05) is 16.5 Å². The number of halogens is 4. The molecule has 0 aliphatic heterocycles. The number of carboxylic acids is 1. The van der Waals surface area contributed by atoms with E-state index in [1.807, 2.05) is 13.0 Å². The Hall–Kier alpha value is -3.32. The smallest absolute Gasteiger partial charge is 0.416 e. The molecule has 0 N–H and O–H groups in total. The SMILES string of the molecule is CCc1ccc2nc(-c3ccc(-c4cc(C(F)(F)F)ccc4Cl)o3)cc(C(=O)[O-])c2c1. The number of rotatable bonds is 4. The number of carbonyl (C=O) groups excluding carboxylic acids is 1. The second kappa shape index (κ2) is 7.74. The van der Waals surface area contributed by atoms with E-state index in [2.05, 4.69) is 4.98 Å². The minimum absolute atomic E-state index is 0.0506. The van der Waals surface area contributed by atoms with Gasteiger partial charge in [-0.2, -0.15) is 13.2 Å². The Morgan fingerprint density at radius 2 is 1.81 bits per heavy atom. The maximum atomic E-state index is 13.1. The van der Waals surface area contributed by atoms with Gasteiger partial charge in [0.2, 0.25) is 0 Å². The van der Waals surface area contributed by atoms with Crippen LogP contribution >= 0.6 is 11.6 Å². The molecule has 0 amide bonds. The zero-order chi connectivity index (χ0) is 22.3. The van der Waals surface area contributed by atoms with Gasteiger partial charge < -0.3 is 14.3 Å². The van der Waals surface area contributed by atoms with Crippen molar-refractivity contribution >= 4 is 28.5 Å². The van der Waals surface area contributed by atoms with Crippen molar-refractivity contribution in [2.75, 3.05) is 0 Å². The van der Waals surface area contributed by atoms with Gasteiger partial charge in [-0.1, -0.05) is 24.6 Å². The van der Waals surface area contributed by atoms with Crippen molar-refractivity contribution in [3.05, 3.63) is 76.3 Å². The number of hydrogen-bond donors (Lipinski definition) is 0. The molecule has 4 nitrogen and oxygen atoms in total. The van der Waals surface area contributed by atoms with E-state index in [1.54, 1.807) is 12.1 Å². The van der Waals surface area contributed by atoms with Crippen LogP contribution in [0, 0.1) is 0 Å². The molecular weight excluding hydrogens is 431 g/mol. The van der Waals surface area contributed by atoms with E-state index in [-0.39, 0.29) is 33.4 Å². The molecule has 0 aliphatic carbocycles. The molecule has 8 heteroatoms. The summed E-state index contributed by atoms with van der Waals surface area (Å²) in [6, 6.07) is 12.5. The van der Waals surface area contributed by atoms with E-state index in [1.165, 1.54) is 18.2 Å². The normalized spacial score (nSPS) is 11.8. The molecule has 4 aromatic rings. The largest absolute Gasteiger partial charge is 0.545 e. The molecule has 0 saturated carbocycles. The van der Waals surface area contributed by atoms with Crippen molar-refractivity contribution in [2.45, 2.75) is 19.5 Å². The van der Waals surface area contributed by atoms with Gasteiger partial charge in [-0.25, -0.2) is 4.98 Å². The molecule has 0 unspecified atom stereocenters. The molecule has 158 valence electrons. The number of carbonyl (C=O) groups is 1. The predicted molar refractivity (Wildman–Crippen MR) is 109 cm³/mol. The minimum atomic E-state index is -4.53. The van der Waals surface area contributed by atoms with Crippen molar-refractivity contribution in [1.82, 2.24) is 4.98 Å². The molecule has 0 aliphatic rings. The number of aromatic nitrogens is 1. The Morgan fingerprint density at radius 3 is 2.48 bits per heavy atom. The van der Waals surface area contributed by atoms with Gasteiger partial charge in [-0.05, 0) is 60.5 Å². The van der Waals surface area contributed by atoms with Gasteiger partial charge in [-0.3, -0.25) is 0 Å². The van der Waals surface area contributed by atoms with Gasteiger partial charge in [0.15, 0.2) is 5.76 Å². The quantitative estimate of drug-likeness (QED) is 0.401. The second-order valence-corrected chi connectivity index (χ2v) is 7.31. The average molecular weight is 445 g/mol. The van der Waals surface area contributed by atoms with E-state index in [0.717, 1.165) is 30.2 Å². The van der Waals surface area contributed by atoms with Crippen LogP contribution in [-0.4, -0.2) is 11.0 Å². The number of aromatic carboxylic acids is 1. The van der Waals surface area contributed by atoms with Crippen LogP contribution in [0.25, 0.3) is 33.7 Å². The zero-order valence-corrected chi connectivity index (χ0v) is 16.8. The summed E-state index contributed by atoms with van der Waals surface area (Å²) >= 11 is 6.08. The Bertz CT molecular complexity index is 1310. The van der Waals surface area contributed by atoms with E-state index >= 15 is 0 Å². The molecule has 2 aromatic heterocycles. The number of fused-ring (bicyclic) bond motifs is 1. The van der Waals surface area contributed by atoms with Gasteiger partial charge in [0.1, 0.15) is 11.5 Å². The van der Waals surface area contributed by atoms with Crippen molar-refractivity contribution in [1.29, 1.82) is 0 Å². The Labute approximate surface area is 179 Å². The molecule has 0 saturated heterocycles. The molecule has 0 fully saturated rings. The summed E-state index contributed by atoms with van der Waals surface area (Å²) in [7, 11) is 0. The number of nitrogens with zero attached hydrogens (tertiary/aromatic N) is 1. The molecule has 0 bridgehead atoms. The lowest BCUT2D eigenvalue weighted by atomic mass is 10.0. The third-order valence-corrected chi connectivity index (χ3v) is 5.25. The highest BCUT2D eigenvalue weighted by Crippen LogP contribution is 2.38. The summed E-state index contributed by atoms with van der Waals surface area (Å²) < 4.78 is 44.9. The first-order valence-electron chi connectivity index (χ1n) is 9.29. The number of alkyl halides is 3. The van der Waals surface area contributed by atoms with Crippen molar-refractivity contribution in [2.24, 2.45) is 0 Å². The summed E-state index contributed by atoms with van der Waals surface area (Å²) in [4.78, 5) is 16.2. The highest BCUT2D eigenvalue weighted by atomic mass is 35.5. The molecule has 0 radical (unpaired) electrons. The third-order valence-electron chi connectivity index (χ3n) is 4.92. The van der Waals surface area contributed by atoms with Crippen LogP contribution in [0.2, 0.25) is 5.02 Å². The van der Waals surface area contributed by atoms with Crippen LogP contribution in [0.5, 0.6) is 0 Å². The summed E-state index contributed by atoms with van der Waals surface area (Å²) in [5, 5.41) is 12.2. The molecule has 4 rings (SSSR count). The van der Waals surface area contributed by atoms with E-state index in [9.17, 15) is 23.1 Å². The average Bonchev–Trinajstić information content (AvgIpc) is 3.21. The van der Waals surface area contributed by atoms with Gasteiger partial charge >= 0.3 is 6.18 Å². The molecule has 0 spiro atoms. The van der Waals surface area contributed by atoms with Crippen LogP contribution in [0.3, 0.4) is 0 Å². The number of hydrogen-bond acceptors (Lipinski definition) is 4. The number of aryl methyl sites for hydroxylation is 1. The lowest BCUT2D eigenvalue weighted by Crippen LogP contribution is -2.22. The molecular formula is C23H14ClF3NO3-. The van der Waals surface area contributed by atoms with E-state index in [4.69, 9.17) is 16.0 Å². The standard InChI is InChI=1S/C23H15ClF3NO3/c1-2-12-3-6-18-14(9-12)15(22(29)30)11-19(28-18)21-8-7-20(31-21)16-10-13(23(25,26)27)4-5-17(16)24/h3-11H,2H2,1H3,(H,29,30)/p-1. The molecule has 2 heterocycles. The van der Waals surface area contributed by atoms with E-state index in [0.29, 0.717) is 10.9 Å². The fourth-order valence-corrected chi connectivity index (χ4v) is 3.51. The van der Waals surface area contributed by atoms with Crippen LogP contribution in [0.15, 0.2) is 59.0 Å². The maximum absolute atomic E-state index is 13.1. The molecule has 0 atom stereocenters. The van der Waals surface area contributed by atoms with Gasteiger partial charge in [0.25, 0.3) is 0 Å². The monoisotopic (exact) mass is 444 g/mol. The van der Waals surface area contributed by atoms with Crippen molar-refractivity contribution in [3.63, 3.8) is 0 Å². The molecule has 31 heavy (non-hydrogen) atoms. The van der Waals surface area contributed by atoms with Gasteiger partial charge in [0.05, 0.1) is 22.1 Å². The number of furan rings is 1. The van der Waals surface area contributed by atoms with Crippen molar-refractivity contribution in [3.8, 4) is 22.8 Å². The fraction of sp³-hybridized carbons (Fsp3) is 0.130. The predicted octanol–water partition coefficient (Wildman–Crippen LogP) is 5.76. The second-order valence-electron chi connectivity index (χ2n) is 6.90. The Balaban J connectivity index is 1.82. The first-order chi connectivity index (χ1) is 14.7. The Morgan fingerprint density at radius 1 is 1.06 bits per heavy atom. The first-order valence-corrected chi connectivity index (χ1v) is 9.67. The summed E-state index contributed by atoms with van der Waals surface area (Å²) in [6.07, 6.45) is -3.81. The number of carboxylic acid groups (broad SMARTS) is 1. The van der Waals surface area contributed by atoms with Crippen molar-refractivity contribution < 1.29 is 27.5 Å². The van der Waals surface area contributed by atoms with Crippen LogP contribution < -0.4 is 5.11 Å². The topological polar surface area (TPSA) is 66.2 Å². The fourth-order valence-electron chi connectivity index (χ4n) is 3.30. The lowest BCUT2D eigenvalue weighted by Gasteiger charge is -2.11. The highest BCUT2D eigenvalue weighted by molar-refractivity contribution is 6.33. The number of pyridine rings is 1. The summed E-state index contributed by atoms with van der Waals surface area (Å²) in [6.45, 7) is 1.95. The van der Waals surface area contributed by atoms with Gasteiger partial charge in [-0.15, -0.1) is 0 Å². The Kier molecular flexibility index (Phi) is 5.23. The first kappa shape index (κ1) is 20.9. The number of benzene rings is 2. The van der Waals surface area contributed by atoms with E-state index < -0.39 is 17.7 Å². The summed E-state index contributed by atoms with van der Waals surface area (Å²) in [5.41, 5.74) is 0.750. The highest BCUT2D eigenvalue weighted by Gasteiger charge is 2.31. The maximum Gasteiger partial charge on any atom is 0.416 e. The molecule has 2 aromatic carbocycles. The van der Waals surface area contributed by atoms with Crippen LogP contribution in [-0.2, 0) is 12.6 Å².